The van der Waals surface area contributed by atoms with E-state index >= 15 is 0 Å². The smallest absolute Gasteiger partial charge is 0.137 e. The van der Waals surface area contributed by atoms with Gasteiger partial charge < -0.3 is 9.47 Å². The topological polar surface area (TPSA) is 31.4 Å². The molecule has 0 aliphatic carbocycles. The highest BCUT2D eigenvalue weighted by Gasteiger charge is 2.05. The van der Waals surface area contributed by atoms with Gasteiger partial charge in [-0.2, -0.15) is 0 Å². The normalized spacial score (nSPS) is 10.4. The lowest BCUT2D eigenvalue weighted by molar-refractivity contribution is 0.310. The highest BCUT2D eigenvalue weighted by Crippen LogP contribution is 2.27. The number of aromatic nitrogens is 1. The van der Waals surface area contributed by atoms with Gasteiger partial charge >= 0.3 is 0 Å². The summed E-state index contributed by atoms with van der Waals surface area (Å²) < 4.78 is 11.1. The predicted octanol–water partition coefficient (Wildman–Crippen LogP) is 3.82. The van der Waals surface area contributed by atoms with Crippen LogP contribution in [-0.4, -0.2) is 12.1 Å². The number of benzene rings is 2. The lowest BCUT2D eigenvalue weighted by Gasteiger charge is -2.10. The van der Waals surface area contributed by atoms with Crippen LogP contribution in [0, 0.1) is 0 Å². The van der Waals surface area contributed by atoms with Gasteiger partial charge in [-0.05, 0) is 23.8 Å². The molecule has 1 aromatic heterocycles. The first kappa shape index (κ1) is 12.5. The van der Waals surface area contributed by atoms with Gasteiger partial charge in [0.1, 0.15) is 18.1 Å². The first-order valence-corrected chi connectivity index (χ1v) is 6.46. The van der Waals surface area contributed by atoms with Crippen molar-refractivity contribution in [3.63, 3.8) is 0 Å². The van der Waals surface area contributed by atoms with Crippen molar-refractivity contribution < 1.29 is 9.47 Å². The van der Waals surface area contributed by atoms with Crippen LogP contribution in [0.25, 0.3) is 10.9 Å². The summed E-state index contributed by atoms with van der Waals surface area (Å²) in [5.74, 6) is 1.55. The number of nitrogens with zero attached hydrogens (tertiary/aromatic N) is 1. The van der Waals surface area contributed by atoms with Crippen molar-refractivity contribution in [1.29, 1.82) is 0 Å². The summed E-state index contributed by atoms with van der Waals surface area (Å²) in [6, 6.07) is 17.9. The highest BCUT2D eigenvalue weighted by molar-refractivity contribution is 5.86. The average Bonchev–Trinajstić information content (AvgIpc) is 2.53. The van der Waals surface area contributed by atoms with Crippen LogP contribution in [0.1, 0.15) is 5.56 Å². The third-order valence-corrected chi connectivity index (χ3v) is 3.13. The maximum absolute atomic E-state index is 5.91. The van der Waals surface area contributed by atoms with Gasteiger partial charge in [-0.25, -0.2) is 0 Å². The first-order valence-electron chi connectivity index (χ1n) is 6.46. The Morgan fingerprint density at radius 3 is 2.65 bits per heavy atom. The van der Waals surface area contributed by atoms with Gasteiger partial charge in [-0.15, -0.1) is 0 Å². The number of methoxy groups -OCH3 is 1. The largest absolute Gasteiger partial charge is 0.495 e. The van der Waals surface area contributed by atoms with Gasteiger partial charge in [-0.1, -0.05) is 36.4 Å². The third kappa shape index (κ3) is 2.57. The molecule has 0 atom stereocenters. The Hall–Kier alpha value is -2.55. The van der Waals surface area contributed by atoms with Gasteiger partial charge in [0.15, 0.2) is 0 Å². The van der Waals surface area contributed by atoms with E-state index in [2.05, 4.69) is 4.98 Å². The van der Waals surface area contributed by atoms with Crippen LogP contribution in [0.4, 0.5) is 0 Å². The van der Waals surface area contributed by atoms with E-state index in [0.29, 0.717) is 6.61 Å². The average molecular weight is 265 g/mol. The molecule has 100 valence electrons. The predicted molar refractivity (Wildman–Crippen MR) is 79.1 cm³/mol. The molecule has 1 heterocycles. The van der Waals surface area contributed by atoms with Crippen molar-refractivity contribution in [1.82, 2.24) is 4.98 Å². The molecular formula is C17H15NO2. The monoisotopic (exact) mass is 265 g/mol. The fraction of sp³-hybridized carbons (Fsp3) is 0.118. The molecule has 2 aromatic carbocycles. The van der Waals surface area contributed by atoms with Crippen LogP contribution in [0.15, 0.2) is 60.8 Å². The second kappa shape index (κ2) is 5.61. The second-order valence-electron chi connectivity index (χ2n) is 4.47. The number of hydrogen-bond acceptors (Lipinski definition) is 3. The van der Waals surface area contributed by atoms with Crippen LogP contribution < -0.4 is 9.47 Å². The minimum atomic E-state index is 0.539. The summed E-state index contributed by atoms with van der Waals surface area (Å²) >= 11 is 0. The molecule has 20 heavy (non-hydrogen) atoms. The zero-order valence-corrected chi connectivity index (χ0v) is 11.2. The highest BCUT2D eigenvalue weighted by atomic mass is 16.5. The van der Waals surface area contributed by atoms with Crippen molar-refractivity contribution in [3.8, 4) is 11.5 Å². The number of hydrogen-bond donors (Lipinski definition) is 0. The van der Waals surface area contributed by atoms with E-state index in [4.69, 9.17) is 9.47 Å². The van der Waals surface area contributed by atoms with Crippen LogP contribution in [0.5, 0.6) is 11.5 Å². The maximum atomic E-state index is 5.91. The number of ether oxygens (including phenoxy) is 2. The van der Waals surface area contributed by atoms with E-state index < -0.39 is 0 Å². The molecule has 0 aliphatic heterocycles. The summed E-state index contributed by atoms with van der Waals surface area (Å²) in [7, 11) is 1.64. The van der Waals surface area contributed by atoms with Gasteiger partial charge in [0.25, 0.3) is 0 Å². The molecule has 3 aromatic rings. The van der Waals surface area contributed by atoms with Gasteiger partial charge in [-0.3, -0.25) is 4.98 Å². The van der Waals surface area contributed by atoms with Crippen LogP contribution >= 0.6 is 0 Å². The maximum Gasteiger partial charge on any atom is 0.137 e. The Morgan fingerprint density at radius 2 is 1.85 bits per heavy atom. The molecule has 3 heteroatoms. The van der Waals surface area contributed by atoms with E-state index in [1.165, 1.54) is 0 Å². The van der Waals surface area contributed by atoms with E-state index in [0.717, 1.165) is 28.0 Å². The molecule has 0 fully saturated rings. The van der Waals surface area contributed by atoms with Gasteiger partial charge in [0.05, 0.1) is 18.8 Å². The van der Waals surface area contributed by atoms with E-state index in [1.54, 1.807) is 13.3 Å². The summed E-state index contributed by atoms with van der Waals surface area (Å²) in [5.41, 5.74) is 2.04. The van der Waals surface area contributed by atoms with Crippen molar-refractivity contribution in [2.75, 3.05) is 7.11 Å². The SMILES string of the molecule is COc1cnc2cccc(OCc3ccccc3)c2c1. The Kier molecular flexibility index (Phi) is 3.50. The standard InChI is InChI=1S/C17H15NO2/c1-19-14-10-15-16(18-11-14)8-5-9-17(15)20-12-13-6-3-2-4-7-13/h2-11H,12H2,1H3. The number of rotatable bonds is 4. The van der Waals surface area contributed by atoms with Gasteiger partial charge in [0.2, 0.25) is 0 Å². The van der Waals surface area contributed by atoms with E-state index in [1.807, 2.05) is 54.6 Å². The fourth-order valence-electron chi connectivity index (χ4n) is 2.08. The molecule has 0 N–H and O–H groups in total. The molecular weight excluding hydrogens is 250 g/mol. The Balaban J connectivity index is 1.90. The summed E-state index contributed by atoms with van der Waals surface area (Å²) in [6.45, 7) is 0.539. The zero-order chi connectivity index (χ0) is 13.8. The van der Waals surface area contributed by atoms with Crippen molar-refractivity contribution in [2.24, 2.45) is 0 Å². The fourth-order valence-corrected chi connectivity index (χ4v) is 2.08. The molecule has 3 rings (SSSR count). The second-order valence-corrected chi connectivity index (χ2v) is 4.47. The first-order chi connectivity index (χ1) is 9.86. The number of fused-ring (bicyclic) bond motifs is 1. The van der Waals surface area contributed by atoms with Crippen molar-refractivity contribution in [3.05, 3.63) is 66.4 Å². The molecule has 0 unspecified atom stereocenters. The molecule has 0 spiro atoms. The van der Waals surface area contributed by atoms with E-state index in [-0.39, 0.29) is 0 Å². The van der Waals surface area contributed by atoms with Crippen LogP contribution in [-0.2, 0) is 6.61 Å². The van der Waals surface area contributed by atoms with Gasteiger partial charge in [0, 0.05) is 5.39 Å². The van der Waals surface area contributed by atoms with Crippen molar-refractivity contribution >= 4 is 10.9 Å². The Morgan fingerprint density at radius 1 is 1.00 bits per heavy atom. The summed E-state index contributed by atoms with van der Waals surface area (Å²) in [6.07, 6.45) is 1.71. The Bertz CT molecular complexity index is 711. The number of pyridine rings is 1. The molecule has 0 saturated heterocycles. The van der Waals surface area contributed by atoms with Crippen molar-refractivity contribution in [2.45, 2.75) is 6.61 Å². The minimum absolute atomic E-state index is 0.539. The minimum Gasteiger partial charge on any atom is -0.495 e. The molecule has 0 saturated carbocycles. The van der Waals surface area contributed by atoms with E-state index in [9.17, 15) is 0 Å². The van der Waals surface area contributed by atoms with Crippen LogP contribution in [0.3, 0.4) is 0 Å². The quantitative estimate of drug-likeness (QED) is 0.718. The zero-order valence-electron chi connectivity index (χ0n) is 11.2. The molecule has 0 aliphatic rings. The molecule has 0 radical (unpaired) electrons. The molecule has 0 bridgehead atoms. The third-order valence-electron chi connectivity index (χ3n) is 3.13. The Labute approximate surface area is 117 Å². The van der Waals surface area contributed by atoms with Crippen LogP contribution in [0.2, 0.25) is 0 Å². The summed E-state index contributed by atoms with van der Waals surface area (Å²) in [4.78, 5) is 4.36. The molecule has 3 nitrogen and oxygen atoms in total. The lowest BCUT2D eigenvalue weighted by atomic mass is 10.2. The molecule has 0 amide bonds. The lowest BCUT2D eigenvalue weighted by Crippen LogP contribution is -1.96. The summed E-state index contributed by atoms with van der Waals surface area (Å²) in [5, 5.41) is 0.961.